The first-order valence-corrected chi connectivity index (χ1v) is 5.49. The Hall–Kier alpha value is -2.63. The van der Waals surface area contributed by atoms with Gasteiger partial charge in [-0.25, -0.2) is 14.6 Å². The zero-order chi connectivity index (χ0) is 14.0. The Balaban J connectivity index is 2.56. The zero-order valence-electron chi connectivity index (χ0n) is 10.4. The molecule has 19 heavy (non-hydrogen) atoms. The highest BCUT2D eigenvalue weighted by molar-refractivity contribution is 6.39. The Bertz CT molecular complexity index is 644. The molecule has 0 saturated heterocycles. The van der Waals surface area contributed by atoms with Crippen molar-refractivity contribution in [3.8, 4) is 0 Å². The van der Waals surface area contributed by atoms with Gasteiger partial charge in [0.05, 0.1) is 18.9 Å². The fraction of sp³-hybridized carbons (Fsp3) is 0.154. The van der Waals surface area contributed by atoms with Crippen molar-refractivity contribution in [3.05, 3.63) is 29.3 Å². The van der Waals surface area contributed by atoms with Gasteiger partial charge in [0.2, 0.25) is 5.69 Å². The molecule has 96 valence electrons. The molecule has 2 amide bonds. The van der Waals surface area contributed by atoms with Gasteiger partial charge in [0.15, 0.2) is 6.21 Å². The summed E-state index contributed by atoms with van der Waals surface area (Å²) in [7, 11) is 1.28. The van der Waals surface area contributed by atoms with E-state index in [-0.39, 0.29) is 0 Å². The zero-order valence-corrected chi connectivity index (χ0v) is 10.4. The molecule has 0 bridgehead atoms. The van der Waals surface area contributed by atoms with Crippen LogP contribution in [0.4, 0.5) is 5.69 Å². The number of carbonyl (C=O) groups is 3. The monoisotopic (exact) mass is 259 g/mol. The van der Waals surface area contributed by atoms with Gasteiger partial charge in [-0.3, -0.25) is 4.79 Å². The highest BCUT2D eigenvalue weighted by atomic mass is 16.5. The van der Waals surface area contributed by atoms with Crippen molar-refractivity contribution in [1.29, 1.82) is 0 Å². The van der Waals surface area contributed by atoms with Crippen LogP contribution in [0.2, 0.25) is 0 Å². The molecule has 0 aromatic heterocycles. The number of hydrogen-bond donors (Lipinski definition) is 0. The average Bonchev–Trinajstić information content (AvgIpc) is 2.42. The summed E-state index contributed by atoms with van der Waals surface area (Å²) in [4.78, 5) is 38.0. The Morgan fingerprint density at radius 1 is 1.32 bits per heavy atom. The predicted molar refractivity (Wildman–Crippen MR) is 67.0 cm³/mol. The second-order valence-electron chi connectivity index (χ2n) is 3.85. The highest BCUT2D eigenvalue weighted by Gasteiger charge is 2.32. The van der Waals surface area contributed by atoms with E-state index in [4.69, 9.17) is 0 Å². The number of hydrogen-bond acceptors (Lipinski definition) is 4. The third-order valence-corrected chi connectivity index (χ3v) is 2.78. The Labute approximate surface area is 109 Å². The van der Waals surface area contributed by atoms with Crippen molar-refractivity contribution in [3.63, 3.8) is 0 Å². The number of nitrogens with zero attached hydrogens (tertiary/aromatic N) is 2. The molecule has 0 atom stereocenters. The molecule has 1 aliphatic rings. The molecule has 1 aromatic carbocycles. The van der Waals surface area contributed by atoms with Gasteiger partial charge in [-0.1, -0.05) is 6.07 Å². The molecule has 0 radical (unpaired) electrons. The smallest absolute Gasteiger partial charge is 0.465 e. The minimum atomic E-state index is -0.842. The topological polar surface area (TPSA) is 75.8 Å². The maximum absolute atomic E-state index is 11.7. The molecule has 1 heterocycles. The van der Waals surface area contributed by atoms with E-state index >= 15 is 0 Å². The number of ether oxygens (including phenoxy) is 1. The first-order chi connectivity index (χ1) is 9.06. The Kier molecular flexibility index (Phi) is 3.33. The number of amides is 2. The van der Waals surface area contributed by atoms with Crippen LogP contribution in [0.5, 0.6) is 0 Å². The number of methoxy groups -OCH3 is 1. The van der Waals surface area contributed by atoms with Crippen molar-refractivity contribution in [1.82, 2.24) is 0 Å². The van der Waals surface area contributed by atoms with E-state index in [0.29, 0.717) is 16.8 Å². The predicted octanol–water partition coefficient (Wildman–Crippen LogP) is 0.634. The number of carbonyl (C=O) groups excluding carboxylic acids is 3. The van der Waals surface area contributed by atoms with Gasteiger partial charge in [0.25, 0.3) is 0 Å². The minimum absolute atomic E-state index is 0.344. The van der Waals surface area contributed by atoms with Gasteiger partial charge in [-0.15, -0.1) is 4.58 Å². The third kappa shape index (κ3) is 2.20. The minimum Gasteiger partial charge on any atom is -0.465 e. The van der Waals surface area contributed by atoms with Gasteiger partial charge >= 0.3 is 17.8 Å². The molecule has 0 fully saturated rings. The Morgan fingerprint density at radius 3 is 2.74 bits per heavy atom. The fourth-order valence-corrected chi connectivity index (χ4v) is 1.80. The van der Waals surface area contributed by atoms with E-state index in [1.165, 1.54) is 19.5 Å². The second kappa shape index (κ2) is 4.93. The molecule has 0 spiro atoms. The maximum atomic E-state index is 11.7. The molecular weight excluding hydrogens is 248 g/mol. The van der Waals surface area contributed by atoms with E-state index in [1.54, 1.807) is 25.1 Å². The summed E-state index contributed by atoms with van der Waals surface area (Å²) in [5, 5.41) is 0. The SMILES string of the molecule is COC(=O)c1cccc([N+]2=CC=NC(=O)C2=O)c1C. The van der Waals surface area contributed by atoms with E-state index in [9.17, 15) is 14.4 Å². The summed E-state index contributed by atoms with van der Waals surface area (Å²) in [6, 6.07) is 4.85. The first kappa shape index (κ1) is 12.8. The van der Waals surface area contributed by atoms with Crippen LogP contribution in [0.1, 0.15) is 15.9 Å². The summed E-state index contributed by atoms with van der Waals surface area (Å²) in [6.07, 6.45) is 2.63. The van der Waals surface area contributed by atoms with Gasteiger partial charge in [0, 0.05) is 11.6 Å². The van der Waals surface area contributed by atoms with Crippen molar-refractivity contribution in [2.45, 2.75) is 6.92 Å². The summed E-state index contributed by atoms with van der Waals surface area (Å²) in [5.74, 6) is -2.10. The lowest BCUT2D eigenvalue weighted by Gasteiger charge is -2.07. The largest absolute Gasteiger partial charge is 0.485 e. The molecule has 1 aromatic rings. The van der Waals surface area contributed by atoms with E-state index < -0.39 is 17.8 Å². The molecular formula is C13H11N2O4+. The van der Waals surface area contributed by atoms with Crippen LogP contribution < -0.4 is 0 Å². The first-order valence-electron chi connectivity index (χ1n) is 5.49. The normalized spacial score (nSPS) is 14.3. The van der Waals surface area contributed by atoms with E-state index in [0.717, 1.165) is 4.58 Å². The number of aliphatic imine (C=N–C) groups is 1. The van der Waals surface area contributed by atoms with Crippen LogP contribution in [-0.2, 0) is 14.3 Å². The summed E-state index contributed by atoms with van der Waals surface area (Å²) in [5.41, 5.74) is 1.35. The van der Waals surface area contributed by atoms with E-state index in [1.807, 2.05) is 0 Å². The number of rotatable bonds is 2. The van der Waals surface area contributed by atoms with Crippen LogP contribution in [0.15, 0.2) is 23.2 Å². The van der Waals surface area contributed by atoms with Crippen molar-refractivity contribution in [2.24, 2.45) is 4.99 Å². The highest BCUT2D eigenvalue weighted by Crippen LogP contribution is 2.22. The van der Waals surface area contributed by atoms with Gasteiger partial charge in [-0.2, -0.15) is 0 Å². The standard InChI is InChI=1S/C13H11N2O4/c1-8-9(13(18)19-2)4-3-5-10(8)15-7-6-14-11(16)12(15)17/h3-7H,1-2H3/q+1. The molecule has 1 aliphatic heterocycles. The summed E-state index contributed by atoms with van der Waals surface area (Å²) < 4.78 is 5.83. The second-order valence-corrected chi connectivity index (χ2v) is 3.85. The number of esters is 1. The van der Waals surface area contributed by atoms with Crippen LogP contribution in [0.3, 0.4) is 0 Å². The fourth-order valence-electron chi connectivity index (χ4n) is 1.80. The van der Waals surface area contributed by atoms with Crippen molar-refractivity contribution in [2.75, 3.05) is 7.11 Å². The lowest BCUT2D eigenvalue weighted by atomic mass is 10.1. The number of benzene rings is 1. The maximum Gasteiger partial charge on any atom is 0.485 e. The average molecular weight is 259 g/mol. The van der Waals surface area contributed by atoms with E-state index in [2.05, 4.69) is 9.73 Å². The third-order valence-electron chi connectivity index (χ3n) is 2.78. The van der Waals surface area contributed by atoms with Gasteiger partial charge < -0.3 is 4.74 Å². The van der Waals surface area contributed by atoms with Gasteiger partial charge in [0.1, 0.15) is 0 Å². The summed E-state index contributed by atoms with van der Waals surface area (Å²) >= 11 is 0. The van der Waals surface area contributed by atoms with Crippen LogP contribution in [0.25, 0.3) is 0 Å². The van der Waals surface area contributed by atoms with Crippen LogP contribution in [-0.4, -0.2) is 41.9 Å². The van der Waals surface area contributed by atoms with Crippen molar-refractivity contribution >= 4 is 35.9 Å². The quantitative estimate of drug-likeness (QED) is 0.443. The molecule has 0 unspecified atom stereocenters. The molecule has 6 nitrogen and oxygen atoms in total. The molecule has 6 heteroatoms. The Morgan fingerprint density at radius 2 is 2.05 bits per heavy atom. The molecule has 0 saturated carbocycles. The van der Waals surface area contributed by atoms with Gasteiger partial charge in [-0.05, 0) is 13.0 Å². The molecule has 0 aliphatic carbocycles. The van der Waals surface area contributed by atoms with Crippen LogP contribution >= 0.6 is 0 Å². The lowest BCUT2D eigenvalue weighted by Crippen LogP contribution is -2.29. The van der Waals surface area contributed by atoms with Crippen LogP contribution in [0, 0.1) is 6.92 Å². The lowest BCUT2D eigenvalue weighted by molar-refractivity contribution is -0.356. The molecule has 2 rings (SSSR count). The van der Waals surface area contributed by atoms with Crippen molar-refractivity contribution < 1.29 is 23.7 Å². The molecule has 0 N–H and O–H groups in total. The summed E-state index contributed by atoms with van der Waals surface area (Å²) in [6.45, 7) is 1.68.